The van der Waals surface area contributed by atoms with Crippen LogP contribution in [0.4, 0.5) is 17.5 Å². The van der Waals surface area contributed by atoms with Crippen molar-refractivity contribution in [1.82, 2.24) is 15.2 Å². The molecule has 0 saturated heterocycles. The number of halogens is 1. The average Bonchev–Trinajstić information content (AvgIpc) is 2.95. The Balaban J connectivity index is 1.72. The highest BCUT2D eigenvalue weighted by Crippen LogP contribution is 2.24. The van der Waals surface area contributed by atoms with Gasteiger partial charge >= 0.3 is 0 Å². The first-order valence-electron chi connectivity index (χ1n) is 6.79. The van der Waals surface area contributed by atoms with Gasteiger partial charge in [0.25, 0.3) is 0 Å². The van der Waals surface area contributed by atoms with E-state index in [2.05, 4.69) is 41.7 Å². The predicted molar refractivity (Wildman–Crippen MR) is 83.1 cm³/mol. The third-order valence-corrected chi connectivity index (χ3v) is 4.08. The fraction of sp³-hybridized carbons (Fsp3) is 0.357. The van der Waals surface area contributed by atoms with E-state index < -0.39 is 0 Å². The van der Waals surface area contributed by atoms with Gasteiger partial charge in [-0.1, -0.05) is 25.0 Å². The summed E-state index contributed by atoms with van der Waals surface area (Å²) in [5.74, 6) is 1.28. The van der Waals surface area contributed by atoms with E-state index >= 15 is 0 Å². The predicted octanol–water partition coefficient (Wildman–Crippen LogP) is 3.73. The van der Waals surface area contributed by atoms with Crippen LogP contribution in [0.5, 0.6) is 0 Å². The number of aromatic nitrogens is 3. The zero-order valence-electron chi connectivity index (χ0n) is 11.0. The number of para-hydroxylation sites is 1. The molecule has 0 atom stereocenters. The molecule has 1 saturated carbocycles. The Bertz CT molecular complexity index is 583. The van der Waals surface area contributed by atoms with Gasteiger partial charge in [-0.25, -0.2) is 0 Å². The second-order valence-corrected chi connectivity index (χ2v) is 5.75. The van der Waals surface area contributed by atoms with Gasteiger partial charge < -0.3 is 10.6 Å². The van der Waals surface area contributed by atoms with E-state index in [1.807, 2.05) is 24.3 Å². The molecule has 1 aliphatic rings. The molecule has 0 unspecified atom stereocenters. The van der Waals surface area contributed by atoms with E-state index in [-0.39, 0.29) is 0 Å². The lowest BCUT2D eigenvalue weighted by Crippen LogP contribution is -2.16. The number of anilines is 3. The monoisotopic (exact) mass is 333 g/mol. The maximum atomic E-state index is 4.46. The molecule has 2 aromatic rings. The van der Waals surface area contributed by atoms with Crippen LogP contribution in [0.3, 0.4) is 0 Å². The molecule has 20 heavy (non-hydrogen) atoms. The van der Waals surface area contributed by atoms with Gasteiger partial charge in [0, 0.05) is 10.5 Å². The molecule has 1 fully saturated rings. The zero-order chi connectivity index (χ0) is 13.8. The maximum Gasteiger partial charge on any atom is 0.249 e. The average molecular weight is 334 g/mol. The van der Waals surface area contributed by atoms with Crippen LogP contribution < -0.4 is 10.6 Å². The molecule has 3 rings (SSSR count). The van der Waals surface area contributed by atoms with Gasteiger partial charge in [0.15, 0.2) is 5.82 Å². The molecule has 1 aromatic heterocycles. The number of benzene rings is 1. The Morgan fingerprint density at radius 3 is 2.75 bits per heavy atom. The molecular formula is C14H16BrN5. The third kappa shape index (κ3) is 3.25. The standard InChI is InChI=1S/C14H16BrN5/c15-11-7-3-4-8-12(11)18-14-19-13(9-16-20-14)17-10-5-1-2-6-10/h3-4,7-10H,1-2,5-6H2,(H2,17,18,19,20). The number of rotatable bonds is 4. The summed E-state index contributed by atoms with van der Waals surface area (Å²) in [4.78, 5) is 4.46. The van der Waals surface area contributed by atoms with Crippen LogP contribution >= 0.6 is 15.9 Å². The third-order valence-electron chi connectivity index (χ3n) is 3.39. The van der Waals surface area contributed by atoms with Gasteiger partial charge in [0.2, 0.25) is 5.95 Å². The van der Waals surface area contributed by atoms with Crippen molar-refractivity contribution in [2.24, 2.45) is 0 Å². The van der Waals surface area contributed by atoms with Crippen LogP contribution in [-0.4, -0.2) is 21.2 Å². The zero-order valence-corrected chi connectivity index (χ0v) is 12.6. The molecule has 104 valence electrons. The van der Waals surface area contributed by atoms with Gasteiger partial charge in [-0.2, -0.15) is 10.1 Å². The molecule has 0 bridgehead atoms. The second kappa shape index (κ2) is 6.17. The fourth-order valence-electron chi connectivity index (χ4n) is 2.39. The normalized spacial score (nSPS) is 15.2. The van der Waals surface area contributed by atoms with Gasteiger partial charge in [-0.15, -0.1) is 5.10 Å². The number of nitrogens with zero attached hydrogens (tertiary/aromatic N) is 3. The highest BCUT2D eigenvalue weighted by atomic mass is 79.9. The lowest BCUT2D eigenvalue weighted by molar-refractivity contribution is 0.747. The van der Waals surface area contributed by atoms with Gasteiger partial charge in [0.05, 0.1) is 11.9 Å². The molecule has 0 aliphatic heterocycles. The van der Waals surface area contributed by atoms with E-state index in [0.717, 1.165) is 16.0 Å². The fourth-order valence-corrected chi connectivity index (χ4v) is 2.77. The van der Waals surface area contributed by atoms with Gasteiger partial charge in [-0.3, -0.25) is 0 Å². The molecule has 1 aliphatic carbocycles. The summed E-state index contributed by atoms with van der Waals surface area (Å²) in [6.45, 7) is 0. The van der Waals surface area contributed by atoms with Crippen LogP contribution in [0.15, 0.2) is 34.9 Å². The summed E-state index contributed by atoms with van der Waals surface area (Å²) in [6.07, 6.45) is 6.66. The Morgan fingerprint density at radius 1 is 1.15 bits per heavy atom. The van der Waals surface area contributed by atoms with Crippen LogP contribution in [0.1, 0.15) is 25.7 Å². The van der Waals surface area contributed by atoms with Crippen molar-refractivity contribution in [3.8, 4) is 0 Å². The Morgan fingerprint density at radius 2 is 1.95 bits per heavy atom. The van der Waals surface area contributed by atoms with E-state index in [4.69, 9.17) is 0 Å². The summed E-state index contributed by atoms with van der Waals surface area (Å²) in [5, 5.41) is 14.6. The summed E-state index contributed by atoms with van der Waals surface area (Å²) < 4.78 is 0.970. The first-order valence-corrected chi connectivity index (χ1v) is 7.58. The molecule has 1 heterocycles. The molecule has 0 amide bonds. The maximum absolute atomic E-state index is 4.46. The largest absolute Gasteiger partial charge is 0.366 e. The molecule has 1 aromatic carbocycles. The SMILES string of the molecule is Brc1ccccc1Nc1nncc(NC2CCCC2)n1. The minimum atomic E-state index is 0.500. The Labute approximate surface area is 126 Å². The lowest BCUT2D eigenvalue weighted by Gasteiger charge is -2.13. The van der Waals surface area contributed by atoms with Crippen molar-refractivity contribution in [3.05, 3.63) is 34.9 Å². The van der Waals surface area contributed by atoms with Crippen LogP contribution in [0.25, 0.3) is 0 Å². The lowest BCUT2D eigenvalue weighted by atomic mass is 10.2. The highest BCUT2D eigenvalue weighted by Gasteiger charge is 2.15. The minimum absolute atomic E-state index is 0.500. The Hall–Kier alpha value is -1.69. The first-order chi connectivity index (χ1) is 9.81. The highest BCUT2D eigenvalue weighted by molar-refractivity contribution is 9.10. The summed E-state index contributed by atoms with van der Waals surface area (Å²) >= 11 is 3.49. The van der Waals surface area contributed by atoms with Gasteiger partial charge in [0.1, 0.15) is 0 Å². The van der Waals surface area contributed by atoms with Crippen molar-refractivity contribution in [3.63, 3.8) is 0 Å². The van der Waals surface area contributed by atoms with Crippen molar-refractivity contribution in [1.29, 1.82) is 0 Å². The molecule has 2 N–H and O–H groups in total. The minimum Gasteiger partial charge on any atom is -0.366 e. The smallest absolute Gasteiger partial charge is 0.249 e. The molecule has 5 nitrogen and oxygen atoms in total. The van der Waals surface area contributed by atoms with Crippen molar-refractivity contribution in [2.45, 2.75) is 31.7 Å². The van der Waals surface area contributed by atoms with Gasteiger partial charge in [-0.05, 0) is 40.9 Å². The number of hydrogen-bond donors (Lipinski definition) is 2. The first kappa shape index (κ1) is 13.3. The second-order valence-electron chi connectivity index (χ2n) is 4.90. The van der Waals surface area contributed by atoms with Crippen molar-refractivity contribution in [2.75, 3.05) is 10.6 Å². The Kier molecular flexibility index (Phi) is 4.11. The quantitative estimate of drug-likeness (QED) is 0.892. The van der Waals surface area contributed by atoms with E-state index in [1.54, 1.807) is 6.20 Å². The van der Waals surface area contributed by atoms with E-state index in [9.17, 15) is 0 Å². The molecule has 0 radical (unpaired) electrons. The molecule has 0 spiro atoms. The molecular weight excluding hydrogens is 318 g/mol. The van der Waals surface area contributed by atoms with E-state index in [0.29, 0.717) is 12.0 Å². The summed E-state index contributed by atoms with van der Waals surface area (Å²) in [6, 6.07) is 8.37. The van der Waals surface area contributed by atoms with Crippen LogP contribution in [-0.2, 0) is 0 Å². The van der Waals surface area contributed by atoms with Crippen LogP contribution in [0.2, 0.25) is 0 Å². The topological polar surface area (TPSA) is 62.7 Å². The van der Waals surface area contributed by atoms with Crippen molar-refractivity contribution < 1.29 is 0 Å². The van der Waals surface area contributed by atoms with Crippen molar-refractivity contribution >= 4 is 33.4 Å². The number of hydrogen-bond acceptors (Lipinski definition) is 5. The summed E-state index contributed by atoms with van der Waals surface area (Å²) in [5.41, 5.74) is 0.923. The molecule has 6 heteroatoms. The van der Waals surface area contributed by atoms with E-state index in [1.165, 1.54) is 25.7 Å². The van der Waals surface area contributed by atoms with Crippen LogP contribution in [0, 0.1) is 0 Å². The summed E-state index contributed by atoms with van der Waals surface area (Å²) in [7, 11) is 0. The number of nitrogens with one attached hydrogen (secondary N) is 2.